The standard InChI is InChI=1S/C24H27NO3/c1-3-5-7-18-8-12-20(13-9-18)23-25-22(24(26)28-23)17-19-10-14-21(15-11-19)27-16-6-4-2/h8-15,17H,3-7,16H2,1-2H3/b22-17-. The lowest BCUT2D eigenvalue weighted by molar-refractivity contribution is -0.129. The first-order chi connectivity index (χ1) is 13.7. The molecule has 28 heavy (non-hydrogen) atoms. The van der Waals surface area contributed by atoms with Gasteiger partial charge in [0.15, 0.2) is 5.70 Å². The predicted molar refractivity (Wildman–Crippen MR) is 113 cm³/mol. The Morgan fingerprint density at radius 2 is 1.68 bits per heavy atom. The number of rotatable bonds is 9. The number of esters is 1. The third-order valence-corrected chi connectivity index (χ3v) is 4.59. The lowest BCUT2D eigenvalue weighted by Crippen LogP contribution is -2.05. The molecule has 4 heteroatoms. The van der Waals surface area contributed by atoms with Gasteiger partial charge in [-0.05, 0) is 60.7 Å². The molecule has 2 aromatic carbocycles. The summed E-state index contributed by atoms with van der Waals surface area (Å²) in [5.74, 6) is 0.767. The first kappa shape index (κ1) is 19.9. The zero-order chi connectivity index (χ0) is 19.8. The number of carbonyl (C=O) groups excluding carboxylic acids is 1. The molecule has 4 nitrogen and oxygen atoms in total. The summed E-state index contributed by atoms with van der Waals surface area (Å²) < 4.78 is 11.0. The second-order valence-electron chi connectivity index (χ2n) is 6.91. The number of unbranched alkanes of at least 4 members (excludes halogenated alkanes) is 2. The molecule has 1 aliphatic rings. The van der Waals surface area contributed by atoms with E-state index in [1.807, 2.05) is 36.4 Å². The molecule has 0 atom stereocenters. The molecule has 0 unspecified atom stereocenters. The predicted octanol–water partition coefficient (Wildman–Crippen LogP) is 5.55. The Morgan fingerprint density at radius 1 is 0.964 bits per heavy atom. The first-order valence-electron chi connectivity index (χ1n) is 10.0. The Hall–Kier alpha value is -2.88. The van der Waals surface area contributed by atoms with E-state index in [2.05, 4.69) is 31.0 Å². The minimum Gasteiger partial charge on any atom is -0.494 e. The third-order valence-electron chi connectivity index (χ3n) is 4.59. The number of hydrogen-bond donors (Lipinski definition) is 0. The fourth-order valence-electron chi connectivity index (χ4n) is 2.88. The zero-order valence-electron chi connectivity index (χ0n) is 16.6. The van der Waals surface area contributed by atoms with Gasteiger partial charge in [0.25, 0.3) is 0 Å². The van der Waals surface area contributed by atoms with Crippen LogP contribution in [0.1, 0.15) is 56.2 Å². The Balaban J connectivity index is 1.69. The molecule has 0 amide bonds. The molecule has 0 fully saturated rings. The van der Waals surface area contributed by atoms with Gasteiger partial charge in [-0.15, -0.1) is 0 Å². The SMILES string of the molecule is CCCCOc1ccc(/C=C2\N=C(c3ccc(CCCC)cc3)OC2=O)cc1. The van der Waals surface area contributed by atoms with Crippen molar-refractivity contribution in [2.45, 2.75) is 46.0 Å². The van der Waals surface area contributed by atoms with Crippen LogP contribution in [-0.4, -0.2) is 18.5 Å². The van der Waals surface area contributed by atoms with Gasteiger partial charge in [0, 0.05) is 5.56 Å². The van der Waals surface area contributed by atoms with Crippen molar-refractivity contribution in [1.82, 2.24) is 0 Å². The van der Waals surface area contributed by atoms with Crippen LogP contribution in [0, 0.1) is 0 Å². The van der Waals surface area contributed by atoms with E-state index in [4.69, 9.17) is 9.47 Å². The van der Waals surface area contributed by atoms with E-state index in [1.165, 1.54) is 18.4 Å². The van der Waals surface area contributed by atoms with E-state index in [0.717, 1.165) is 36.1 Å². The summed E-state index contributed by atoms with van der Waals surface area (Å²) in [6.45, 7) is 5.03. The van der Waals surface area contributed by atoms with Crippen molar-refractivity contribution in [2.24, 2.45) is 4.99 Å². The van der Waals surface area contributed by atoms with Gasteiger partial charge in [-0.1, -0.05) is 51.0 Å². The van der Waals surface area contributed by atoms with Gasteiger partial charge in [-0.25, -0.2) is 9.79 Å². The van der Waals surface area contributed by atoms with Crippen molar-refractivity contribution in [3.63, 3.8) is 0 Å². The van der Waals surface area contributed by atoms with Crippen LogP contribution in [-0.2, 0) is 16.0 Å². The van der Waals surface area contributed by atoms with E-state index in [1.54, 1.807) is 6.08 Å². The lowest BCUT2D eigenvalue weighted by Gasteiger charge is -2.05. The molecule has 0 saturated heterocycles. The molecule has 0 aliphatic carbocycles. The highest BCUT2D eigenvalue weighted by atomic mass is 16.6. The van der Waals surface area contributed by atoms with Crippen molar-refractivity contribution in [1.29, 1.82) is 0 Å². The summed E-state index contributed by atoms with van der Waals surface area (Å²) in [5, 5.41) is 0. The van der Waals surface area contributed by atoms with Crippen LogP contribution in [0.15, 0.2) is 59.2 Å². The summed E-state index contributed by atoms with van der Waals surface area (Å²) in [7, 11) is 0. The van der Waals surface area contributed by atoms with E-state index < -0.39 is 5.97 Å². The fourth-order valence-corrected chi connectivity index (χ4v) is 2.88. The smallest absolute Gasteiger partial charge is 0.363 e. The Bertz CT molecular complexity index is 848. The number of nitrogens with zero attached hydrogens (tertiary/aromatic N) is 1. The summed E-state index contributed by atoms with van der Waals surface area (Å²) >= 11 is 0. The van der Waals surface area contributed by atoms with Crippen molar-refractivity contribution in [2.75, 3.05) is 6.61 Å². The molecular weight excluding hydrogens is 350 g/mol. The van der Waals surface area contributed by atoms with Crippen LogP contribution in [0.4, 0.5) is 0 Å². The van der Waals surface area contributed by atoms with Crippen LogP contribution in [0.2, 0.25) is 0 Å². The molecule has 0 aromatic heterocycles. The Morgan fingerprint density at radius 3 is 2.36 bits per heavy atom. The summed E-state index contributed by atoms with van der Waals surface area (Å²) in [5.41, 5.74) is 3.30. The van der Waals surface area contributed by atoms with E-state index in [9.17, 15) is 4.79 Å². The minimum atomic E-state index is -0.423. The highest BCUT2D eigenvalue weighted by molar-refractivity contribution is 6.12. The van der Waals surface area contributed by atoms with Gasteiger partial charge < -0.3 is 9.47 Å². The van der Waals surface area contributed by atoms with E-state index in [0.29, 0.717) is 18.2 Å². The second kappa shape index (κ2) is 9.88. The van der Waals surface area contributed by atoms with Crippen LogP contribution in [0.5, 0.6) is 5.75 Å². The largest absolute Gasteiger partial charge is 0.494 e. The average molecular weight is 377 g/mol. The molecule has 146 valence electrons. The van der Waals surface area contributed by atoms with Crippen molar-refractivity contribution >= 4 is 17.9 Å². The van der Waals surface area contributed by atoms with Crippen molar-refractivity contribution < 1.29 is 14.3 Å². The highest BCUT2D eigenvalue weighted by Gasteiger charge is 2.24. The molecule has 0 spiro atoms. The average Bonchev–Trinajstić information content (AvgIpc) is 3.08. The minimum absolute atomic E-state index is 0.310. The fraction of sp³-hybridized carbons (Fsp3) is 0.333. The molecule has 0 radical (unpaired) electrons. The normalized spacial score (nSPS) is 14.9. The molecule has 1 aliphatic heterocycles. The van der Waals surface area contributed by atoms with Crippen LogP contribution in [0.25, 0.3) is 6.08 Å². The number of carbonyl (C=O) groups is 1. The number of aryl methyl sites for hydroxylation is 1. The third kappa shape index (κ3) is 5.32. The van der Waals surface area contributed by atoms with Gasteiger partial charge >= 0.3 is 5.97 Å². The Labute approximate surface area is 166 Å². The molecular formula is C24H27NO3. The number of ether oxygens (including phenoxy) is 2. The van der Waals surface area contributed by atoms with Gasteiger partial charge in [0.1, 0.15) is 5.75 Å². The maximum absolute atomic E-state index is 12.2. The van der Waals surface area contributed by atoms with Gasteiger partial charge in [-0.3, -0.25) is 0 Å². The molecule has 3 rings (SSSR count). The number of cyclic esters (lactones) is 1. The highest BCUT2D eigenvalue weighted by Crippen LogP contribution is 2.21. The maximum atomic E-state index is 12.2. The maximum Gasteiger partial charge on any atom is 0.363 e. The van der Waals surface area contributed by atoms with E-state index in [-0.39, 0.29) is 0 Å². The number of hydrogen-bond acceptors (Lipinski definition) is 4. The van der Waals surface area contributed by atoms with Crippen LogP contribution < -0.4 is 4.74 Å². The van der Waals surface area contributed by atoms with Crippen LogP contribution >= 0.6 is 0 Å². The molecule has 0 bridgehead atoms. The van der Waals surface area contributed by atoms with Gasteiger partial charge in [-0.2, -0.15) is 0 Å². The zero-order valence-corrected chi connectivity index (χ0v) is 16.6. The quantitative estimate of drug-likeness (QED) is 0.327. The van der Waals surface area contributed by atoms with Crippen molar-refractivity contribution in [3.05, 3.63) is 70.9 Å². The first-order valence-corrected chi connectivity index (χ1v) is 10.0. The topological polar surface area (TPSA) is 47.9 Å². The number of benzene rings is 2. The second-order valence-corrected chi connectivity index (χ2v) is 6.91. The monoisotopic (exact) mass is 377 g/mol. The lowest BCUT2D eigenvalue weighted by atomic mass is 10.1. The Kier molecular flexibility index (Phi) is 7.01. The summed E-state index contributed by atoms with van der Waals surface area (Å²) in [6.07, 6.45) is 7.28. The van der Waals surface area contributed by atoms with Crippen molar-refractivity contribution in [3.8, 4) is 5.75 Å². The summed E-state index contributed by atoms with van der Waals surface area (Å²) in [4.78, 5) is 16.6. The van der Waals surface area contributed by atoms with Crippen LogP contribution in [0.3, 0.4) is 0 Å². The number of aliphatic imine (C=N–C) groups is 1. The summed E-state index contributed by atoms with van der Waals surface area (Å²) in [6, 6.07) is 15.7. The van der Waals surface area contributed by atoms with E-state index >= 15 is 0 Å². The van der Waals surface area contributed by atoms with Gasteiger partial charge in [0.2, 0.25) is 5.90 Å². The molecule has 1 heterocycles. The molecule has 0 N–H and O–H groups in total. The van der Waals surface area contributed by atoms with Gasteiger partial charge in [0.05, 0.1) is 6.61 Å². The molecule has 2 aromatic rings. The molecule has 0 saturated carbocycles.